The van der Waals surface area contributed by atoms with Crippen LogP contribution >= 0.6 is 0 Å². The van der Waals surface area contributed by atoms with Crippen LogP contribution in [0, 0.1) is 24.0 Å². The number of nitrogens with zero attached hydrogens (tertiary/aromatic N) is 4. The van der Waals surface area contributed by atoms with Gasteiger partial charge in [-0.05, 0) is 37.6 Å². The molecule has 0 unspecified atom stereocenters. The van der Waals surface area contributed by atoms with Gasteiger partial charge in [0.2, 0.25) is 0 Å². The smallest absolute Gasteiger partial charge is 0.290 e. The van der Waals surface area contributed by atoms with Crippen molar-refractivity contribution < 1.29 is 4.92 Å². The van der Waals surface area contributed by atoms with E-state index in [2.05, 4.69) is 27.4 Å². The number of anilines is 1. The Labute approximate surface area is 133 Å². The molecule has 0 aliphatic rings. The van der Waals surface area contributed by atoms with Crippen molar-refractivity contribution in [2.45, 2.75) is 20.4 Å². The number of hydrogen-bond donors (Lipinski definition) is 1. The first-order valence-electron chi connectivity index (χ1n) is 7.22. The summed E-state index contributed by atoms with van der Waals surface area (Å²) >= 11 is 0. The topological polar surface area (TPSA) is 85.9 Å². The van der Waals surface area contributed by atoms with Crippen molar-refractivity contribution in [2.75, 3.05) is 5.32 Å². The lowest BCUT2D eigenvalue weighted by molar-refractivity contribution is -0.385. The van der Waals surface area contributed by atoms with Crippen LogP contribution in [0.3, 0.4) is 0 Å². The molecule has 0 saturated carbocycles. The zero-order valence-electron chi connectivity index (χ0n) is 13.2. The lowest BCUT2D eigenvalue weighted by Gasteiger charge is -2.06. The fourth-order valence-corrected chi connectivity index (χ4v) is 2.52. The summed E-state index contributed by atoms with van der Waals surface area (Å²) in [5, 5.41) is 14.0. The molecule has 23 heavy (non-hydrogen) atoms. The minimum atomic E-state index is -0.431. The number of pyridine rings is 1. The van der Waals surface area contributed by atoms with Gasteiger partial charge < -0.3 is 9.88 Å². The summed E-state index contributed by atoms with van der Waals surface area (Å²) in [6, 6.07) is 7.83. The Bertz CT molecular complexity index is 901. The van der Waals surface area contributed by atoms with Gasteiger partial charge in [0, 0.05) is 12.6 Å². The summed E-state index contributed by atoms with van der Waals surface area (Å²) in [5.74, 6) is 1.47. The summed E-state index contributed by atoms with van der Waals surface area (Å²) in [4.78, 5) is 19.1. The first-order valence-corrected chi connectivity index (χ1v) is 7.22. The van der Waals surface area contributed by atoms with Crippen molar-refractivity contribution in [1.82, 2.24) is 14.5 Å². The molecule has 0 atom stereocenters. The first kappa shape index (κ1) is 15.0. The highest BCUT2D eigenvalue weighted by Crippen LogP contribution is 2.20. The van der Waals surface area contributed by atoms with Crippen LogP contribution in [-0.2, 0) is 13.6 Å². The van der Waals surface area contributed by atoms with Crippen LogP contribution in [0.2, 0.25) is 0 Å². The number of aromatic nitrogens is 3. The molecule has 118 valence electrons. The number of nitrogens with one attached hydrogen (secondary N) is 1. The largest absolute Gasteiger partial charge is 0.363 e. The monoisotopic (exact) mass is 311 g/mol. The second-order valence-electron chi connectivity index (χ2n) is 5.55. The van der Waals surface area contributed by atoms with Gasteiger partial charge in [-0.15, -0.1) is 0 Å². The number of benzene rings is 1. The van der Waals surface area contributed by atoms with Crippen molar-refractivity contribution in [2.24, 2.45) is 7.05 Å². The molecule has 0 radical (unpaired) electrons. The molecule has 0 spiro atoms. The van der Waals surface area contributed by atoms with Crippen LogP contribution in [0.5, 0.6) is 0 Å². The SMILES string of the molecule is Cc1ccc2c(c1)nc(CNc1cc(C)c([N+](=O)[O-])cn1)n2C. The molecule has 3 aromatic rings. The van der Waals surface area contributed by atoms with Gasteiger partial charge in [0.05, 0.1) is 22.5 Å². The molecule has 0 bridgehead atoms. The van der Waals surface area contributed by atoms with E-state index < -0.39 is 4.92 Å². The van der Waals surface area contributed by atoms with Crippen molar-refractivity contribution in [1.29, 1.82) is 0 Å². The van der Waals surface area contributed by atoms with Crippen molar-refractivity contribution in [3.63, 3.8) is 0 Å². The molecule has 1 aromatic carbocycles. The summed E-state index contributed by atoms with van der Waals surface area (Å²) < 4.78 is 2.03. The van der Waals surface area contributed by atoms with E-state index in [1.807, 2.05) is 24.6 Å². The van der Waals surface area contributed by atoms with E-state index in [1.165, 1.54) is 11.8 Å². The maximum Gasteiger partial charge on any atom is 0.290 e. The molecule has 0 aliphatic carbocycles. The normalized spacial score (nSPS) is 10.9. The van der Waals surface area contributed by atoms with Gasteiger partial charge in [-0.1, -0.05) is 6.07 Å². The fourth-order valence-electron chi connectivity index (χ4n) is 2.52. The second-order valence-corrected chi connectivity index (χ2v) is 5.55. The predicted molar refractivity (Wildman–Crippen MR) is 88.4 cm³/mol. The Morgan fingerprint density at radius 2 is 2.09 bits per heavy atom. The van der Waals surface area contributed by atoms with E-state index in [-0.39, 0.29) is 5.69 Å². The summed E-state index contributed by atoms with van der Waals surface area (Å²) in [6.45, 7) is 4.23. The molecular weight excluding hydrogens is 294 g/mol. The van der Waals surface area contributed by atoms with E-state index in [9.17, 15) is 10.1 Å². The maximum atomic E-state index is 10.8. The fraction of sp³-hybridized carbons (Fsp3) is 0.250. The summed E-state index contributed by atoms with van der Waals surface area (Å²) in [6.07, 6.45) is 1.27. The Hall–Kier alpha value is -2.96. The number of rotatable bonds is 4. The number of nitro groups is 1. The highest BCUT2D eigenvalue weighted by Gasteiger charge is 2.12. The van der Waals surface area contributed by atoms with Crippen LogP contribution in [0.15, 0.2) is 30.5 Å². The Morgan fingerprint density at radius 3 is 2.78 bits per heavy atom. The van der Waals surface area contributed by atoms with Crippen LogP contribution in [-0.4, -0.2) is 19.5 Å². The molecule has 0 aliphatic heterocycles. The minimum absolute atomic E-state index is 0.0220. The zero-order chi connectivity index (χ0) is 16.6. The lowest BCUT2D eigenvalue weighted by atomic mass is 10.2. The number of aryl methyl sites for hydroxylation is 3. The van der Waals surface area contributed by atoms with E-state index in [1.54, 1.807) is 13.0 Å². The molecule has 2 aromatic heterocycles. The van der Waals surface area contributed by atoms with Gasteiger partial charge in [0.15, 0.2) is 0 Å². The Morgan fingerprint density at radius 1 is 1.30 bits per heavy atom. The van der Waals surface area contributed by atoms with Gasteiger partial charge in [0.1, 0.15) is 17.8 Å². The quantitative estimate of drug-likeness (QED) is 0.591. The minimum Gasteiger partial charge on any atom is -0.363 e. The number of fused-ring (bicyclic) bond motifs is 1. The molecule has 7 heteroatoms. The van der Waals surface area contributed by atoms with Gasteiger partial charge >= 0.3 is 0 Å². The van der Waals surface area contributed by atoms with Gasteiger partial charge in [0.25, 0.3) is 5.69 Å². The Kier molecular flexibility index (Phi) is 3.69. The molecular formula is C16H17N5O2. The standard InChI is InChI=1S/C16H17N5O2/c1-10-4-5-13-12(6-10)19-16(20(13)3)9-18-15-7-11(2)14(8-17-15)21(22)23/h4-8H,9H2,1-3H3,(H,17,18). The van der Waals surface area contributed by atoms with E-state index >= 15 is 0 Å². The third kappa shape index (κ3) is 2.85. The number of hydrogen-bond acceptors (Lipinski definition) is 5. The van der Waals surface area contributed by atoms with Crippen molar-refractivity contribution >= 4 is 22.5 Å². The second kappa shape index (κ2) is 5.68. The molecule has 0 amide bonds. The third-order valence-electron chi connectivity index (χ3n) is 3.84. The molecule has 1 N–H and O–H groups in total. The average Bonchev–Trinajstić information content (AvgIpc) is 2.80. The predicted octanol–water partition coefficient (Wildman–Crippen LogP) is 3.11. The molecule has 0 saturated heterocycles. The average molecular weight is 311 g/mol. The van der Waals surface area contributed by atoms with E-state index in [0.29, 0.717) is 17.9 Å². The van der Waals surface area contributed by atoms with Crippen molar-refractivity contribution in [3.05, 3.63) is 57.5 Å². The lowest BCUT2D eigenvalue weighted by Crippen LogP contribution is -2.07. The summed E-state index contributed by atoms with van der Waals surface area (Å²) in [7, 11) is 1.97. The van der Waals surface area contributed by atoms with Crippen LogP contribution in [0.1, 0.15) is 17.0 Å². The van der Waals surface area contributed by atoms with Crippen molar-refractivity contribution in [3.8, 4) is 0 Å². The molecule has 3 rings (SSSR count). The van der Waals surface area contributed by atoms with Gasteiger partial charge in [-0.3, -0.25) is 10.1 Å². The third-order valence-corrected chi connectivity index (χ3v) is 3.84. The van der Waals surface area contributed by atoms with Crippen LogP contribution in [0.4, 0.5) is 11.5 Å². The first-order chi connectivity index (χ1) is 11.0. The van der Waals surface area contributed by atoms with Crippen LogP contribution < -0.4 is 5.32 Å². The summed E-state index contributed by atoms with van der Waals surface area (Å²) in [5.41, 5.74) is 3.79. The molecule has 7 nitrogen and oxygen atoms in total. The van der Waals surface area contributed by atoms with E-state index in [0.717, 1.165) is 16.9 Å². The number of imidazole rings is 1. The molecule has 0 fully saturated rings. The maximum absolute atomic E-state index is 10.8. The molecule has 2 heterocycles. The van der Waals surface area contributed by atoms with Crippen LogP contribution in [0.25, 0.3) is 11.0 Å². The highest BCUT2D eigenvalue weighted by atomic mass is 16.6. The van der Waals surface area contributed by atoms with Gasteiger partial charge in [-0.2, -0.15) is 0 Å². The highest BCUT2D eigenvalue weighted by molar-refractivity contribution is 5.76. The Balaban J connectivity index is 1.82. The van der Waals surface area contributed by atoms with Gasteiger partial charge in [-0.25, -0.2) is 9.97 Å². The zero-order valence-corrected chi connectivity index (χ0v) is 13.2. The van der Waals surface area contributed by atoms with E-state index in [4.69, 9.17) is 0 Å².